The summed E-state index contributed by atoms with van der Waals surface area (Å²) in [7, 11) is 1.95. The van der Waals surface area contributed by atoms with Gasteiger partial charge in [-0.25, -0.2) is 4.98 Å². The van der Waals surface area contributed by atoms with E-state index in [0.717, 1.165) is 42.3 Å². The molecule has 3 heterocycles. The van der Waals surface area contributed by atoms with Crippen LogP contribution in [0.4, 0.5) is 0 Å². The van der Waals surface area contributed by atoms with Gasteiger partial charge in [-0.15, -0.1) is 0 Å². The molecule has 3 aromatic rings. The number of nitrogens with one attached hydrogen (secondary N) is 2. The number of aromatic nitrogens is 4. The van der Waals surface area contributed by atoms with Gasteiger partial charge in [0, 0.05) is 49.9 Å². The minimum Gasteiger partial charge on any atom is -0.370 e. The van der Waals surface area contributed by atoms with E-state index in [2.05, 4.69) is 32.5 Å². The maximum Gasteiger partial charge on any atom is 0.137 e. The lowest BCUT2D eigenvalue weighted by Crippen LogP contribution is -2.32. The maximum absolute atomic E-state index is 5.90. The summed E-state index contributed by atoms with van der Waals surface area (Å²) in [4.78, 5) is 7.86. The Balaban J connectivity index is 1.42. The van der Waals surface area contributed by atoms with Crippen LogP contribution in [0, 0.1) is 0 Å². The average molecular weight is 323 g/mol. The Bertz CT molecular complexity index is 795. The Labute approximate surface area is 140 Å². The Kier molecular flexibility index (Phi) is 4.15. The standard InChI is InChI=1S/C18H21N5O/c1-23-16(7-9-21-23)17-15(8-10-24-17)19-11-14-12-20-18(22-14)13-5-3-2-4-6-13/h2-7,9,12,15,17,19H,8,10-11H2,1H3,(H,20,22)/t15-,17-/m0/s1. The summed E-state index contributed by atoms with van der Waals surface area (Å²) in [6, 6.07) is 12.5. The van der Waals surface area contributed by atoms with Gasteiger partial charge in [0.2, 0.25) is 0 Å². The number of imidazole rings is 1. The molecule has 0 spiro atoms. The molecule has 0 aliphatic carbocycles. The van der Waals surface area contributed by atoms with E-state index in [1.54, 1.807) is 0 Å². The van der Waals surface area contributed by atoms with Crippen LogP contribution >= 0.6 is 0 Å². The molecule has 0 bridgehead atoms. The van der Waals surface area contributed by atoms with Gasteiger partial charge >= 0.3 is 0 Å². The Morgan fingerprint density at radius 3 is 2.96 bits per heavy atom. The number of hydrogen-bond donors (Lipinski definition) is 2. The molecular weight excluding hydrogens is 302 g/mol. The van der Waals surface area contributed by atoms with E-state index in [4.69, 9.17) is 4.74 Å². The van der Waals surface area contributed by atoms with E-state index in [9.17, 15) is 0 Å². The fourth-order valence-corrected chi connectivity index (χ4v) is 3.19. The van der Waals surface area contributed by atoms with Gasteiger partial charge in [-0.3, -0.25) is 4.68 Å². The number of aryl methyl sites for hydroxylation is 1. The van der Waals surface area contributed by atoms with E-state index in [1.807, 2.05) is 48.4 Å². The lowest BCUT2D eigenvalue weighted by atomic mass is 10.1. The summed E-state index contributed by atoms with van der Waals surface area (Å²) in [5.74, 6) is 0.901. The first kappa shape index (κ1) is 15.1. The van der Waals surface area contributed by atoms with Crippen LogP contribution in [0.1, 0.15) is 23.9 Å². The van der Waals surface area contributed by atoms with Crippen molar-refractivity contribution in [3.63, 3.8) is 0 Å². The van der Waals surface area contributed by atoms with Crippen molar-refractivity contribution in [3.8, 4) is 11.4 Å². The fourth-order valence-electron chi connectivity index (χ4n) is 3.19. The van der Waals surface area contributed by atoms with Crippen LogP contribution in [0.15, 0.2) is 48.8 Å². The van der Waals surface area contributed by atoms with Gasteiger partial charge in [0.05, 0.1) is 5.69 Å². The van der Waals surface area contributed by atoms with Crippen LogP contribution in [0.5, 0.6) is 0 Å². The predicted molar refractivity (Wildman–Crippen MR) is 91.2 cm³/mol. The molecular formula is C18H21N5O. The molecule has 2 N–H and O–H groups in total. The largest absolute Gasteiger partial charge is 0.370 e. The highest BCUT2D eigenvalue weighted by atomic mass is 16.5. The summed E-state index contributed by atoms with van der Waals surface area (Å²) in [5, 5.41) is 7.83. The highest BCUT2D eigenvalue weighted by Crippen LogP contribution is 2.28. The minimum atomic E-state index is 0.0500. The number of hydrogen-bond acceptors (Lipinski definition) is 4. The van der Waals surface area contributed by atoms with Gasteiger partial charge in [0.25, 0.3) is 0 Å². The van der Waals surface area contributed by atoms with Crippen molar-refractivity contribution < 1.29 is 4.74 Å². The molecule has 0 saturated carbocycles. The van der Waals surface area contributed by atoms with E-state index < -0.39 is 0 Å². The topological polar surface area (TPSA) is 67.8 Å². The molecule has 0 amide bonds. The molecule has 124 valence electrons. The summed E-state index contributed by atoms with van der Waals surface area (Å²) in [6.45, 7) is 1.51. The van der Waals surface area contributed by atoms with Crippen molar-refractivity contribution >= 4 is 0 Å². The van der Waals surface area contributed by atoms with Crippen LogP contribution in [0.25, 0.3) is 11.4 Å². The normalized spacial score (nSPS) is 20.5. The second kappa shape index (κ2) is 6.59. The highest BCUT2D eigenvalue weighted by molar-refractivity contribution is 5.54. The smallest absolute Gasteiger partial charge is 0.137 e. The van der Waals surface area contributed by atoms with Gasteiger partial charge in [0.1, 0.15) is 11.9 Å². The van der Waals surface area contributed by atoms with Crippen molar-refractivity contribution in [2.75, 3.05) is 6.61 Å². The minimum absolute atomic E-state index is 0.0500. The monoisotopic (exact) mass is 323 g/mol. The molecule has 24 heavy (non-hydrogen) atoms. The van der Waals surface area contributed by atoms with Crippen molar-refractivity contribution in [2.24, 2.45) is 7.05 Å². The summed E-state index contributed by atoms with van der Waals surface area (Å²) < 4.78 is 7.79. The number of rotatable bonds is 5. The van der Waals surface area contributed by atoms with Crippen molar-refractivity contribution in [1.29, 1.82) is 0 Å². The number of ether oxygens (including phenoxy) is 1. The Morgan fingerprint density at radius 1 is 1.29 bits per heavy atom. The second-order valence-electron chi connectivity index (χ2n) is 6.07. The first-order valence-corrected chi connectivity index (χ1v) is 8.23. The molecule has 6 heteroatoms. The SMILES string of the molecule is Cn1nccc1[C@H]1OCC[C@@H]1NCc1cnc(-c2ccccc2)[nH]1. The van der Waals surface area contributed by atoms with Crippen molar-refractivity contribution in [2.45, 2.75) is 25.1 Å². The zero-order valence-electron chi connectivity index (χ0n) is 13.6. The summed E-state index contributed by atoms with van der Waals surface area (Å²) in [5.41, 5.74) is 3.28. The van der Waals surface area contributed by atoms with E-state index in [1.165, 1.54) is 0 Å². The zero-order valence-corrected chi connectivity index (χ0v) is 13.6. The van der Waals surface area contributed by atoms with Crippen LogP contribution in [0.2, 0.25) is 0 Å². The predicted octanol–water partition coefficient (Wildman–Crippen LogP) is 2.43. The molecule has 1 aromatic carbocycles. The highest BCUT2D eigenvalue weighted by Gasteiger charge is 2.31. The first-order valence-electron chi connectivity index (χ1n) is 8.23. The van der Waals surface area contributed by atoms with Gasteiger partial charge in [-0.2, -0.15) is 5.10 Å². The Hall–Kier alpha value is -2.44. The van der Waals surface area contributed by atoms with E-state index in [-0.39, 0.29) is 12.1 Å². The van der Waals surface area contributed by atoms with E-state index >= 15 is 0 Å². The average Bonchev–Trinajstić information content (AvgIpc) is 3.34. The second-order valence-corrected chi connectivity index (χ2v) is 6.07. The van der Waals surface area contributed by atoms with Crippen LogP contribution in [-0.2, 0) is 18.3 Å². The molecule has 6 nitrogen and oxygen atoms in total. The van der Waals surface area contributed by atoms with Gasteiger partial charge < -0.3 is 15.0 Å². The van der Waals surface area contributed by atoms with Crippen LogP contribution < -0.4 is 5.32 Å². The molecule has 0 unspecified atom stereocenters. The Morgan fingerprint density at radius 2 is 2.17 bits per heavy atom. The summed E-state index contributed by atoms with van der Waals surface area (Å²) >= 11 is 0. The number of H-pyrrole nitrogens is 1. The molecule has 1 saturated heterocycles. The van der Waals surface area contributed by atoms with Gasteiger partial charge in [0.15, 0.2) is 0 Å². The van der Waals surface area contributed by atoms with Gasteiger partial charge in [-0.05, 0) is 12.5 Å². The molecule has 2 aromatic heterocycles. The third kappa shape index (κ3) is 2.98. The number of benzene rings is 1. The van der Waals surface area contributed by atoms with Crippen LogP contribution in [-0.4, -0.2) is 32.4 Å². The lowest BCUT2D eigenvalue weighted by Gasteiger charge is -2.19. The third-order valence-corrected chi connectivity index (χ3v) is 4.47. The molecule has 0 radical (unpaired) electrons. The lowest BCUT2D eigenvalue weighted by molar-refractivity contribution is 0.0919. The number of aromatic amines is 1. The fraction of sp³-hybridized carbons (Fsp3) is 0.333. The summed E-state index contributed by atoms with van der Waals surface area (Å²) in [6.07, 6.45) is 4.75. The molecule has 1 fully saturated rings. The van der Waals surface area contributed by atoms with Gasteiger partial charge in [-0.1, -0.05) is 30.3 Å². The molecule has 4 rings (SSSR count). The zero-order chi connectivity index (χ0) is 16.4. The molecule has 2 atom stereocenters. The van der Waals surface area contributed by atoms with E-state index in [0.29, 0.717) is 0 Å². The van der Waals surface area contributed by atoms with Crippen molar-refractivity contribution in [3.05, 3.63) is 60.2 Å². The molecule has 1 aliphatic rings. The first-order chi connectivity index (χ1) is 11.8. The third-order valence-electron chi connectivity index (χ3n) is 4.47. The maximum atomic E-state index is 5.90. The van der Waals surface area contributed by atoms with Crippen molar-refractivity contribution in [1.82, 2.24) is 25.1 Å². The quantitative estimate of drug-likeness (QED) is 0.757. The molecule has 1 aliphatic heterocycles. The van der Waals surface area contributed by atoms with Crippen LogP contribution in [0.3, 0.4) is 0 Å². The number of nitrogens with zero attached hydrogens (tertiary/aromatic N) is 3.